The first-order valence-electron chi connectivity index (χ1n) is 6.86. The number of alkyl halides is 3. The third-order valence-electron chi connectivity index (χ3n) is 2.98. The van der Waals surface area contributed by atoms with E-state index in [0.29, 0.717) is 18.8 Å². The molecule has 22 heavy (non-hydrogen) atoms. The molecule has 0 unspecified atom stereocenters. The molecule has 1 aromatic rings. The van der Waals surface area contributed by atoms with E-state index in [1.165, 1.54) is 17.0 Å². The third kappa shape index (κ3) is 4.29. The van der Waals surface area contributed by atoms with E-state index in [9.17, 15) is 18.0 Å². The summed E-state index contributed by atoms with van der Waals surface area (Å²) in [6.07, 6.45) is -5.01. The molecule has 0 bridgehead atoms. The van der Waals surface area contributed by atoms with Gasteiger partial charge in [-0.3, -0.25) is 0 Å². The Morgan fingerprint density at radius 1 is 1.14 bits per heavy atom. The molecule has 0 atom stereocenters. The van der Waals surface area contributed by atoms with Crippen molar-refractivity contribution in [3.8, 4) is 5.75 Å². The molecular formula is C15H18F3NO3. The van der Waals surface area contributed by atoms with Gasteiger partial charge in [0, 0.05) is 0 Å². The summed E-state index contributed by atoms with van der Waals surface area (Å²) in [5.41, 5.74) is -1.28. The monoisotopic (exact) mass is 317 g/mol. The highest BCUT2D eigenvalue weighted by molar-refractivity contribution is 5.69. The molecule has 2 rings (SSSR count). The van der Waals surface area contributed by atoms with Crippen LogP contribution in [0.5, 0.6) is 5.75 Å². The molecule has 1 aliphatic heterocycles. The van der Waals surface area contributed by atoms with Gasteiger partial charge in [-0.15, -0.1) is 0 Å². The number of carbonyl (C=O) groups is 1. The van der Waals surface area contributed by atoms with Crippen molar-refractivity contribution in [2.75, 3.05) is 13.1 Å². The summed E-state index contributed by atoms with van der Waals surface area (Å²) in [5.74, 6) is 0.349. The third-order valence-corrected chi connectivity index (χ3v) is 2.98. The second-order valence-corrected chi connectivity index (χ2v) is 6.15. The van der Waals surface area contributed by atoms with Crippen molar-refractivity contribution in [3.05, 3.63) is 29.8 Å². The van der Waals surface area contributed by atoms with E-state index < -0.39 is 23.4 Å². The van der Waals surface area contributed by atoms with E-state index in [1.54, 1.807) is 20.8 Å². The van der Waals surface area contributed by atoms with Crippen molar-refractivity contribution in [2.45, 2.75) is 38.7 Å². The highest BCUT2D eigenvalue weighted by Crippen LogP contribution is 2.30. The number of ether oxygens (including phenoxy) is 2. The van der Waals surface area contributed by atoms with Crippen molar-refractivity contribution in [1.82, 2.24) is 4.90 Å². The van der Waals surface area contributed by atoms with Crippen LogP contribution in [0.3, 0.4) is 0 Å². The zero-order valence-corrected chi connectivity index (χ0v) is 12.6. The summed E-state index contributed by atoms with van der Waals surface area (Å²) in [6.45, 7) is 6.05. The minimum atomic E-state index is -4.36. The van der Waals surface area contributed by atoms with Crippen LogP contribution >= 0.6 is 0 Å². The number of nitrogens with zero attached hydrogens (tertiary/aromatic N) is 1. The van der Waals surface area contributed by atoms with Crippen molar-refractivity contribution >= 4 is 6.09 Å². The zero-order valence-electron chi connectivity index (χ0n) is 12.6. The molecule has 0 aliphatic carbocycles. The Morgan fingerprint density at radius 2 is 1.68 bits per heavy atom. The van der Waals surface area contributed by atoms with Gasteiger partial charge in [-0.1, -0.05) is 0 Å². The number of halogens is 3. The number of likely N-dealkylation sites (tertiary alicyclic amines) is 1. The van der Waals surface area contributed by atoms with Gasteiger partial charge in [-0.05, 0) is 45.0 Å². The van der Waals surface area contributed by atoms with Gasteiger partial charge < -0.3 is 14.4 Å². The lowest BCUT2D eigenvalue weighted by Gasteiger charge is -2.39. The van der Waals surface area contributed by atoms with Gasteiger partial charge in [-0.2, -0.15) is 13.2 Å². The van der Waals surface area contributed by atoms with Crippen LogP contribution in [-0.2, 0) is 10.9 Å². The number of rotatable bonds is 2. The first kappa shape index (κ1) is 16.5. The van der Waals surface area contributed by atoms with E-state index in [1.807, 2.05) is 0 Å². The van der Waals surface area contributed by atoms with Crippen molar-refractivity contribution in [1.29, 1.82) is 0 Å². The first-order chi connectivity index (χ1) is 10.0. The fraction of sp³-hybridized carbons (Fsp3) is 0.533. The number of benzene rings is 1. The van der Waals surface area contributed by atoms with Crippen LogP contribution in [0.1, 0.15) is 26.3 Å². The van der Waals surface area contributed by atoms with Gasteiger partial charge >= 0.3 is 12.3 Å². The highest BCUT2D eigenvalue weighted by Gasteiger charge is 2.35. The van der Waals surface area contributed by atoms with Crippen LogP contribution in [0.25, 0.3) is 0 Å². The van der Waals surface area contributed by atoms with Gasteiger partial charge in [0.25, 0.3) is 0 Å². The summed E-state index contributed by atoms with van der Waals surface area (Å²) < 4.78 is 48.0. The molecule has 1 saturated heterocycles. The maximum atomic E-state index is 12.4. The molecule has 122 valence electrons. The summed E-state index contributed by atoms with van der Waals surface area (Å²) in [4.78, 5) is 13.2. The summed E-state index contributed by atoms with van der Waals surface area (Å²) in [7, 11) is 0. The van der Waals surface area contributed by atoms with Crippen LogP contribution in [0, 0.1) is 0 Å². The van der Waals surface area contributed by atoms with Gasteiger partial charge in [0.1, 0.15) is 17.5 Å². The number of carbonyl (C=O) groups excluding carboxylic acids is 1. The van der Waals surface area contributed by atoms with E-state index >= 15 is 0 Å². The molecule has 1 heterocycles. The smallest absolute Gasteiger partial charge is 0.416 e. The van der Waals surface area contributed by atoms with Crippen LogP contribution < -0.4 is 4.74 Å². The molecule has 7 heteroatoms. The van der Waals surface area contributed by atoms with Gasteiger partial charge in [0.15, 0.2) is 0 Å². The maximum absolute atomic E-state index is 12.4. The first-order valence-corrected chi connectivity index (χ1v) is 6.86. The van der Waals surface area contributed by atoms with Crippen LogP contribution in [0.2, 0.25) is 0 Å². The van der Waals surface area contributed by atoms with Crippen molar-refractivity contribution in [3.63, 3.8) is 0 Å². The number of amides is 1. The van der Waals surface area contributed by atoms with Crippen molar-refractivity contribution < 1.29 is 27.4 Å². The molecule has 4 nitrogen and oxygen atoms in total. The Kier molecular flexibility index (Phi) is 4.26. The average molecular weight is 317 g/mol. The minimum Gasteiger partial charge on any atom is -0.487 e. The Bertz CT molecular complexity index is 528. The SMILES string of the molecule is CC(C)(C)OC(=O)N1CC(Oc2ccc(C(F)(F)F)cc2)C1. The van der Waals surface area contributed by atoms with E-state index in [-0.39, 0.29) is 6.10 Å². The lowest BCUT2D eigenvalue weighted by atomic mass is 10.1. The normalized spacial score (nSPS) is 16.2. The van der Waals surface area contributed by atoms with Crippen molar-refractivity contribution in [2.24, 2.45) is 0 Å². The Balaban J connectivity index is 1.82. The highest BCUT2D eigenvalue weighted by atomic mass is 19.4. The molecule has 0 saturated carbocycles. The summed E-state index contributed by atoms with van der Waals surface area (Å²) in [5, 5.41) is 0. The van der Waals surface area contributed by atoms with E-state index in [4.69, 9.17) is 9.47 Å². The summed E-state index contributed by atoms with van der Waals surface area (Å²) >= 11 is 0. The number of hydrogen-bond donors (Lipinski definition) is 0. The molecular weight excluding hydrogens is 299 g/mol. The fourth-order valence-electron chi connectivity index (χ4n) is 1.90. The Hall–Kier alpha value is -1.92. The molecule has 1 aliphatic rings. The van der Waals surface area contributed by atoms with Crippen LogP contribution in [0.15, 0.2) is 24.3 Å². The predicted molar refractivity (Wildman–Crippen MR) is 73.7 cm³/mol. The fourth-order valence-corrected chi connectivity index (χ4v) is 1.90. The lowest BCUT2D eigenvalue weighted by Crippen LogP contribution is -2.57. The van der Waals surface area contributed by atoms with Gasteiger partial charge in [-0.25, -0.2) is 4.79 Å². The molecule has 0 aromatic heterocycles. The quantitative estimate of drug-likeness (QED) is 0.835. The minimum absolute atomic E-state index is 0.232. The Morgan fingerprint density at radius 3 is 2.14 bits per heavy atom. The lowest BCUT2D eigenvalue weighted by molar-refractivity contribution is -0.137. The Labute approximate surface area is 126 Å². The molecule has 1 amide bonds. The largest absolute Gasteiger partial charge is 0.487 e. The van der Waals surface area contributed by atoms with Crippen LogP contribution in [-0.4, -0.2) is 35.8 Å². The van der Waals surface area contributed by atoms with E-state index in [2.05, 4.69) is 0 Å². The second-order valence-electron chi connectivity index (χ2n) is 6.15. The molecule has 0 N–H and O–H groups in total. The molecule has 0 radical (unpaired) electrons. The second kappa shape index (κ2) is 5.70. The predicted octanol–water partition coefficient (Wildman–Crippen LogP) is 3.70. The standard InChI is InChI=1S/C15H18F3NO3/c1-14(2,3)22-13(20)19-8-12(9-19)21-11-6-4-10(5-7-11)15(16,17)18/h4-7,12H,8-9H2,1-3H3. The molecule has 1 fully saturated rings. The zero-order chi connectivity index (χ0) is 16.5. The molecule has 0 spiro atoms. The van der Waals surface area contributed by atoms with Crippen LogP contribution in [0.4, 0.5) is 18.0 Å². The average Bonchev–Trinajstić information content (AvgIpc) is 2.30. The maximum Gasteiger partial charge on any atom is 0.416 e. The molecule has 1 aromatic carbocycles. The van der Waals surface area contributed by atoms with Gasteiger partial charge in [0.2, 0.25) is 0 Å². The topological polar surface area (TPSA) is 38.8 Å². The van der Waals surface area contributed by atoms with Gasteiger partial charge in [0.05, 0.1) is 18.7 Å². The summed E-state index contributed by atoms with van der Waals surface area (Å²) in [6, 6.07) is 4.50. The number of hydrogen-bond acceptors (Lipinski definition) is 3. The van der Waals surface area contributed by atoms with E-state index in [0.717, 1.165) is 12.1 Å².